The van der Waals surface area contributed by atoms with E-state index in [2.05, 4.69) is 15.6 Å². The van der Waals surface area contributed by atoms with Gasteiger partial charge in [-0.05, 0) is 6.92 Å². The van der Waals surface area contributed by atoms with E-state index in [4.69, 9.17) is 5.11 Å². The van der Waals surface area contributed by atoms with Gasteiger partial charge in [0.25, 0.3) is 0 Å². The van der Waals surface area contributed by atoms with Gasteiger partial charge >= 0.3 is 5.97 Å². The molecule has 1 rings (SSSR count). The van der Waals surface area contributed by atoms with Crippen molar-refractivity contribution in [3.8, 4) is 0 Å². The van der Waals surface area contributed by atoms with E-state index in [9.17, 15) is 4.79 Å². The predicted octanol–water partition coefficient (Wildman–Crippen LogP) is -0.570. The molecule has 0 amide bonds. The third-order valence-electron chi connectivity index (χ3n) is 1.40. The Kier molecular flexibility index (Phi) is 4.43. The first kappa shape index (κ1) is 11.0. The SMILES string of the molecule is CC(NC1=NCCN1)C(=O)O.Cl. The summed E-state index contributed by atoms with van der Waals surface area (Å²) in [5.41, 5.74) is 0. The summed E-state index contributed by atoms with van der Waals surface area (Å²) in [4.78, 5) is 14.3. The van der Waals surface area contributed by atoms with Crippen LogP contribution in [0.4, 0.5) is 0 Å². The van der Waals surface area contributed by atoms with E-state index >= 15 is 0 Å². The lowest BCUT2D eigenvalue weighted by Gasteiger charge is -2.09. The van der Waals surface area contributed by atoms with Crippen LogP contribution in [0.2, 0.25) is 0 Å². The van der Waals surface area contributed by atoms with Crippen LogP contribution in [0.15, 0.2) is 4.99 Å². The number of halogens is 1. The first-order chi connectivity index (χ1) is 5.20. The topological polar surface area (TPSA) is 73.7 Å². The molecule has 0 saturated carbocycles. The van der Waals surface area contributed by atoms with Gasteiger partial charge in [0.2, 0.25) is 0 Å². The number of carboxylic acid groups (broad SMARTS) is 1. The molecule has 3 N–H and O–H groups in total. The molecule has 0 fully saturated rings. The number of aliphatic carboxylic acids is 1. The van der Waals surface area contributed by atoms with Crippen molar-refractivity contribution in [1.82, 2.24) is 10.6 Å². The second-order valence-corrected chi connectivity index (χ2v) is 2.36. The van der Waals surface area contributed by atoms with Gasteiger partial charge in [-0.25, -0.2) is 0 Å². The number of hydrogen-bond acceptors (Lipinski definition) is 4. The zero-order valence-electron chi connectivity index (χ0n) is 6.70. The van der Waals surface area contributed by atoms with E-state index in [0.29, 0.717) is 12.5 Å². The molecule has 5 nitrogen and oxygen atoms in total. The fourth-order valence-electron chi connectivity index (χ4n) is 0.761. The number of hydrogen-bond donors (Lipinski definition) is 3. The van der Waals surface area contributed by atoms with Gasteiger partial charge in [-0.1, -0.05) is 0 Å². The molecule has 0 aliphatic carbocycles. The maximum atomic E-state index is 10.3. The molecule has 0 radical (unpaired) electrons. The van der Waals surface area contributed by atoms with Crippen LogP contribution >= 0.6 is 12.4 Å². The van der Waals surface area contributed by atoms with Crippen molar-refractivity contribution in [3.63, 3.8) is 0 Å². The lowest BCUT2D eigenvalue weighted by atomic mass is 10.3. The Morgan fingerprint density at radius 2 is 2.50 bits per heavy atom. The molecule has 1 atom stereocenters. The van der Waals surface area contributed by atoms with Crippen LogP contribution in [0.5, 0.6) is 0 Å². The van der Waals surface area contributed by atoms with Crippen LogP contribution in [0.3, 0.4) is 0 Å². The largest absolute Gasteiger partial charge is 0.480 e. The van der Waals surface area contributed by atoms with E-state index in [-0.39, 0.29) is 12.4 Å². The monoisotopic (exact) mass is 193 g/mol. The van der Waals surface area contributed by atoms with Crippen molar-refractivity contribution in [2.24, 2.45) is 4.99 Å². The molecule has 0 saturated heterocycles. The fraction of sp³-hybridized carbons (Fsp3) is 0.667. The Morgan fingerprint density at radius 3 is 2.92 bits per heavy atom. The van der Waals surface area contributed by atoms with Crippen molar-refractivity contribution < 1.29 is 9.90 Å². The van der Waals surface area contributed by atoms with Gasteiger partial charge in [0.1, 0.15) is 6.04 Å². The van der Waals surface area contributed by atoms with Gasteiger partial charge in [-0.2, -0.15) is 0 Å². The van der Waals surface area contributed by atoms with Gasteiger partial charge in [-0.3, -0.25) is 9.79 Å². The number of guanidine groups is 1. The molecular formula is C6H12ClN3O2. The average Bonchev–Trinajstić information content (AvgIpc) is 2.39. The van der Waals surface area contributed by atoms with Crippen molar-refractivity contribution >= 4 is 24.3 Å². The number of rotatable bonds is 2. The molecule has 12 heavy (non-hydrogen) atoms. The lowest BCUT2D eigenvalue weighted by Crippen LogP contribution is -2.43. The Balaban J connectivity index is 0.00000121. The van der Waals surface area contributed by atoms with Gasteiger partial charge < -0.3 is 15.7 Å². The fourth-order valence-corrected chi connectivity index (χ4v) is 0.761. The van der Waals surface area contributed by atoms with E-state index in [0.717, 1.165) is 6.54 Å². The van der Waals surface area contributed by atoms with E-state index < -0.39 is 12.0 Å². The number of carbonyl (C=O) groups is 1. The van der Waals surface area contributed by atoms with Gasteiger partial charge in [0, 0.05) is 6.54 Å². The van der Waals surface area contributed by atoms with Crippen LogP contribution < -0.4 is 10.6 Å². The first-order valence-corrected chi connectivity index (χ1v) is 3.48. The average molecular weight is 194 g/mol. The number of nitrogens with one attached hydrogen (secondary N) is 2. The minimum absolute atomic E-state index is 0. The zero-order valence-corrected chi connectivity index (χ0v) is 7.52. The number of nitrogens with zero attached hydrogens (tertiary/aromatic N) is 1. The summed E-state index contributed by atoms with van der Waals surface area (Å²) < 4.78 is 0. The molecule has 0 aromatic heterocycles. The van der Waals surface area contributed by atoms with Gasteiger partial charge in [0.05, 0.1) is 6.54 Å². The van der Waals surface area contributed by atoms with E-state index in [1.807, 2.05) is 0 Å². The van der Waals surface area contributed by atoms with Gasteiger partial charge in [-0.15, -0.1) is 12.4 Å². The standard InChI is InChI=1S/C6H11N3O2.ClH/c1-4(5(10)11)9-6-7-2-3-8-6;/h4H,2-3H2,1H3,(H,10,11)(H2,7,8,9);1H. The smallest absolute Gasteiger partial charge is 0.325 e. The number of carboxylic acids is 1. The molecule has 1 aliphatic rings. The summed E-state index contributed by atoms with van der Waals surface area (Å²) in [6.45, 7) is 3.08. The Bertz CT molecular complexity index is 195. The van der Waals surface area contributed by atoms with Crippen LogP contribution in [-0.2, 0) is 4.79 Å². The maximum absolute atomic E-state index is 10.3. The Hall–Kier alpha value is -0.970. The quantitative estimate of drug-likeness (QED) is 0.549. The Morgan fingerprint density at radius 1 is 1.83 bits per heavy atom. The zero-order chi connectivity index (χ0) is 8.27. The summed E-state index contributed by atoms with van der Waals surface area (Å²) in [5, 5.41) is 14.1. The molecule has 1 aliphatic heterocycles. The second kappa shape index (κ2) is 4.82. The molecule has 0 aromatic rings. The van der Waals surface area contributed by atoms with Crippen molar-refractivity contribution in [3.05, 3.63) is 0 Å². The van der Waals surface area contributed by atoms with Crippen LogP contribution in [0.1, 0.15) is 6.92 Å². The molecule has 1 heterocycles. The summed E-state index contributed by atoms with van der Waals surface area (Å²) in [7, 11) is 0. The molecule has 0 spiro atoms. The van der Waals surface area contributed by atoms with Crippen molar-refractivity contribution in [1.29, 1.82) is 0 Å². The summed E-state index contributed by atoms with van der Waals surface area (Å²) in [5.74, 6) is -0.290. The highest BCUT2D eigenvalue weighted by molar-refractivity contribution is 5.86. The highest BCUT2D eigenvalue weighted by Gasteiger charge is 2.13. The minimum Gasteiger partial charge on any atom is -0.480 e. The highest BCUT2D eigenvalue weighted by Crippen LogP contribution is 1.85. The molecule has 0 bridgehead atoms. The van der Waals surface area contributed by atoms with Crippen LogP contribution in [-0.4, -0.2) is 36.2 Å². The van der Waals surface area contributed by atoms with E-state index in [1.165, 1.54) is 0 Å². The molecule has 1 unspecified atom stereocenters. The molecule has 70 valence electrons. The third-order valence-corrected chi connectivity index (χ3v) is 1.40. The predicted molar refractivity (Wildman–Crippen MR) is 47.8 cm³/mol. The summed E-state index contributed by atoms with van der Waals surface area (Å²) in [6, 6.07) is -0.584. The van der Waals surface area contributed by atoms with Crippen LogP contribution in [0.25, 0.3) is 0 Å². The normalized spacial score (nSPS) is 16.9. The maximum Gasteiger partial charge on any atom is 0.325 e. The number of aliphatic imine (C=N–C) groups is 1. The highest BCUT2D eigenvalue weighted by atomic mass is 35.5. The Labute approximate surface area is 76.7 Å². The first-order valence-electron chi connectivity index (χ1n) is 3.48. The molecular weight excluding hydrogens is 182 g/mol. The third kappa shape index (κ3) is 2.96. The molecule has 6 heteroatoms. The van der Waals surface area contributed by atoms with Crippen LogP contribution in [0, 0.1) is 0 Å². The summed E-state index contributed by atoms with van der Waals surface area (Å²) in [6.07, 6.45) is 0. The lowest BCUT2D eigenvalue weighted by molar-refractivity contribution is -0.138. The van der Waals surface area contributed by atoms with Crippen molar-refractivity contribution in [2.45, 2.75) is 13.0 Å². The van der Waals surface area contributed by atoms with E-state index in [1.54, 1.807) is 6.92 Å². The van der Waals surface area contributed by atoms with Gasteiger partial charge in [0.15, 0.2) is 5.96 Å². The summed E-state index contributed by atoms with van der Waals surface area (Å²) >= 11 is 0. The minimum atomic E-state index is -0.874. The van der Waals surface area contributed by atoms with Crippen molar-refractivity contribution in [2.75, 3.05) is 13.1 Å². The second-order valence-electron chi connectivity index (χ2n) is 2.36. The molecule has 0 aromatic carbocycles.